The molecule has 0 saturated carbocycles. The molecule has 27 heavy (non-hydrogen) atoms. The molecule has 5 nitrogen and oxygen atoms in total. The predicted octanol–water partition coefficient (Wildman–Crippen LogP) is 5.26. The van der Waals surface area contributed by atoms with Crippen molar-refractivity contribution < 1.29 is 9.32 Å². The number of halogens is 1. The first-order valence-corrected chi connectivity index (χ1v) is 9.18. The zero-order valence-electron chi connectivity index (χ0n) is 15.6. The van der Waals surface area contributed by atoms with Gasteiger partial charge in [-0.2, -0.15) is 4.98 Å². The predicted molar refractivity (Wildman–Crippen MR) is 107 cm³/mol. The Balaban J connectivity index is 1.59. The number of para-hydroxylation sites is 1. The number of aromatic nitrogens is 2. The Morgan fingerprint density at radius 2 is 1.81 bits per heavy atom. The summed E-state index contributed by atoms with van der Waals surface area (Å²) >= 11 is 6.04. The normalized spacial score (nSPS) is 11.4. The second-order valence-electron chi connectivity index (χ2n) is 7.37. The molecule has 0 fully saturated rings. The molecule has 1 heterocycles. The highest BCUT2D eigenvalue weighted by atomic mass is 35.5. The van der Waals surface area contributed by atoms with Gasteiger partial charge in [0.05, 0.1) is 10.7 Å². The van der Waals surface area contributed by atoms with Crippen LogP contribution in [0.3, 0.4) is 0 Å². The summed E-state index contributed by atoms with van der Waals surface area (Å²) in [6.07, 6.45) is 0.596. The molecule has 3 rings (SSSR count). The van der Waals surface area contributed by atoms with Crippen LogP contribution in [0.4, 0.5) is 5.69 Å². The number of hydrogen-bond acceptors (Lipinski definition) is 4. The van der Waals surface area contributed by atoms with E-state index in [1.807, 2.05) is 24.3 Å². The Hall–Kier alpha value is -2.66. The fraction of sp³-hybridized carbons (Fsp3) is 0.286. The van der Waals surface area contributed by atoms with Crippen LogP contribution in [0.25, 0.3) is 11.4 Å². The van der Waals surface area contributed by atoms with Gasteiger partial charge in [-0.25, -0.2) is 0 Å². The number of anilines is 1. The van der Waals surface area contributed by atoms with Gasteiger partial charge in [0.1, 0.15) is 0 Å². The highest BCUT2D eigenvalue weighted by Gasteiger charge is 2.15. The van der Waals surface area contributed by atoms with E-state index in [2.05, 4.69) is 48.4 Å². The Morgan fingerprint density at radius 1 is 1.11 bits per heavy atom. The zero-order valence-corrected chi connectivity index (χ0v) is 16.4. The Bertz CT molecular complexity index is 927. The van der Waals surface area contributed by atoms with Gasteiger partial charge in [-0.3, -0.25) is 4.79 Å². The molecule has 1 N–H and O–H groups in total. The van der Waals surface area contributed by atoms with Crippen LogP contribution in [0, 0.1) is 0 Å². The highest BCUT2D eigenvalue weighted by molar-refractivity contribution is 6.33. The number of nitrogens with one attached hydrogen (secondary N) is 1. The smallest absolute Gasteiger partial charge is 0.227 e. The average Bonchev–Trinajstić information content (AvgIpc) is 3.10. The molecule has 0 aliphatic carbocycles. The van der Waals surface area contributed by atoms with Crippen molar-refractivity contribution in [1.82, 2.24) is 10.1 Å². The lowest BCUT2D eigenvalue weighted by atomic mass is 9.87. The number of benzene rings is 2. The van der Waals surface area contributed by atoms with Crippen molar-refractivity contribution in [2.75, 3.05) is 5.32 Å². The van der Waals surface area contributed by atoms with Crippen molar-refractivity contribution in [3.63, 3.8) is 0 Å². The van der Waals surface area contributed by atoms with E-state index in [-0.39, 0.29) is 17.7 Å². The first-order valence-electron chi connectivity index (χ1n) is 8.81. The van der Waals surface area contributed by atoms with Crippen LogP contribution in [-0.2, 0) is 16.6 Å². The lowest BCUT2D eigenvalue weighted by Crippen LogP contribution is -2.12. The van der Waals surface area contributed by atoms with Gasteiger partial charge < -0.3 is 9.84 Å². The summed E-state index contributed by atoms with van der Waals surface area (Å²) in [5.74, 6) is 0.800. The van der Waals surface area contributed by atoms with E-state index in [1.54, 1.807) is 12.1 Å². The van der Waals surface area contributed by atoms with Crippen LogP contribution in [0.1, 0.15) is 38.6 Å². The number of amides is 1. The fourth-order valence-corrected chi connectivity index (χ4v) is 2.77. The maximum absolute atomic E-state index is 12.1. The lowest BCUT2D eigenvalue weighted by Gasteiger charge is -2.18. The topological polar surface area (TPSA) is 68.0 Å². The number of aryl methyl sites for hydroxylation is 1. The summed E-state index contributed by atoms with van der Waals surface area (Å²) in [4.78, 5) is 16.5. The molecular weight excluding hydrogens is 362 g/mol. The summed E-state index contributed by atoms with van der Waals surface area (Å²) in [5.41, 5.74) is 2.81. The standard InChI is InChI=1S/C21H22ClN3O2/c1-21(2,3)15-10-8-14(9-11-15)20-24-19(27-25-20)13-12-18(26)23-17-7-5-4-6-16(17)22/h4-11H,12-13H2,1-3H3,(H,23,26). The molecule has 1 amide bonds. The first-order chi connectivity index (χ1) is 12.8. The monoisotopic (exact) mass is 383 g/mol. The minimum atomic E-state index is -0.155. The summed E-state index contributed by atoms with van der Waals surface area (Å²) in [6, 6.07) is 15.2. The van der Waals surface area contributed by atoms with Crippen molar-refractivity contribution in [2.24, 2.45) is 0 Å². The molecule has 2 aromatic carbocycles. The zero-order chi connectivity index (χ0) is 19.4. The third kappa shape index (κ3) is 4.95. The average molecular weight is 384 g/mol. The van der Waals surface area contributed by atoms with Gasteiger partial charge in [-0.15, -0.1) is 0 Å². The Morgan fingerprint density at radius 3 is 2.48 bits per heavy atom. The molecule has 3 aromatic rings. The van der Waals surface area contributed by atoms with E-state index in [1.165, 1.54) is 5.56 Å². The number of hydrogen-bond donors (Lipinski definition) is 1. The van der Waals surface area contributed by atoms with Crippen LogP contribution < -0.4 is 5.32 Å². The summed E-state index contributed by atoms with van der Waals surface area (Å²) in [6.45, 7) is 6.51. The lowest BCUT2D eigenvalue weighted by molar-refractivity contribution is -0.116. The van der Waals surface area contributed by atoms with Crippen LogP contribution in [-0.4, -0.2) is 16.0 Å². The van der Waals surface area contributed by atoms with E-state index < -0.39 is 0 Å². The van der Waals surface area contributed by atoms with Crippen molar-refractivity contribution in [3.8, 4) is 11.4 Å². The minimum Gasteiger partial charge on any atom is -0.339 e. The molecule has 0 saturated heterocycles. The number of nitrogens with zero attached hydrogens (tertiary/aromatic N) is 2. The van der Waals surface area contributed by atoms with Gasteiger partial charge >= 0.3 is 0 Å². The van der Waals surface area contributed by atoms with Gasteiger partial charge in [-0.1, -0.05) is 73.9 Å². The third-order valence-electron chi connectivity index (χ3n) is 4.19. The van der Waals surface area contributed by atoms with Crippen LogP contribution >= 0.6 is 11.6 Å². The molecule has 0 aliphatic rings. The Kier molecular flexibility index (Phi) is 5.61. The van der Waals surface area contributed by atoms with E-state index in [0.29, 0.717) is 28.8 Å². The molecule has 0 radical (unpaired) electrons. The van der Waals surface area contributed by atoms with Crippen molar-refractivity contribution in [2.45, 2.75) is 39.0 Å². The SMILES string of the molecule is CC(C)(C)c1ccc(-c2noc(CCC(=O)Nc3ccccc3Cl)n2)cc1. The maximum atomic E-state index is 12.1. The van der Waals surface area contributed by atoms with E-state index in [9.17, 15) is 4.79 Å². The van der Waals surface area contributed by atoms with Crippen LogP contribution in [0.2, 0.25) is 5.02 Å². The molecule has 0 atom stereocenters. The van der Waals surface area contributed by atoms with E-state index in [4.69, 9.17) is 16.1 Å². The van der Waals surface area contributed by atoms with E-state index >= 15 is 0 Å². The highest BCUT2D eigenvalue weighted by Crippen LogP contribution is 2.25. The van der Waals surface area contributed by atoms with Gasteiger partial charge in [0.25, 0.3) is 0 Å². The first kappa shape index (κ1) is 19.1. The fourth-order valence-electron chi connectivity index (χ4n) is 2.59. The molecule has 1 aromatic heterocycles. The van der Waals surface area contributed by atoms with Gasteiger partial charge in [0.15, 0.2) is 0 Å². The summed E-state index contributed by atoms with van der Waals surface area (Å²) in [7, 11) is 0. The quantitative estimate of drug-likeness (QED) is 0.652. The van der Waals surface area contributed by atoms with Gasteiger partial charge in [0.2, 0.25) is 17.6 Å². The van der Waals surface area contributed by atoms with E-state index in [0.717, 1.165) is 5.56 Å². The van der Waals surface area contributed by atoms with Gasteiger partial charge in [-0.05, 0) is 23.1 Å². The number of carbonyl (C=O) groups is 1. The maximum Gasteiger partial charge on any atom is 0.227 e. The number of rotatable bonds is 5. The molecule has 0 spiro atoms. The molecule has 140 valence electrons. The largest absolute Gasteiger partial charge is 0.339 e. The second kappa shape index (κ2) is 7.92. The molecule has 0 bridgehead atoms. The molecule has 0 unspecified atom stereocenters. The van der Waals surface area contributed by atoms with Crippen molar-refractivity contribution in [1.29, 1.82) is 0 Å². The number of carbonyl (C=O) groups excluding carboxylic acids is 1. The Labute approximate surface area is 163 Å². The van der Waals surface area contributed by atoms with Crippen molar-refractivity contribution in [3.05, 3.63) is 65.0 Å². The van der Waals surface area contributed by atoms with Crippen molar-refractivity contribution >= 4 is 23.2 Å². The van der Waals surface area contributed by atoms with Crippen LogP contribution in [0.15, 0.2) is 53.1 Å². The molecule has 0 aliphatic heterocycles. The minimum absolute atomic E-state index is 0.0932. The summed E-state index contributed by atoms with van der Waals surface area (Å²) in [5, 5.41) is 7.30. The molecule has 6 heteroatoms. The second-order valence-corrected chi connectivity index (χ2v) is 7.77. The molecular formula is C21H22ClN3O2. The van der Waals surface area contributed by atoms with Crippen LogP contribution in [0.5, 0.6) is 0 Å². The van der Waals surface area contributed by atoms with Gasteiger partial charge in [0, 0.05) is 18.4 Å². The third-order valence-corrected chi connectivity index (χ3v) is 4.52. The summed E-state index contributed by atoms with van der Waals surface area (Å²) < 4.78 is 5.27.